The second-order valence-electron chi connectivity index (χ2n) is 1.79. The van der Waals surface area contributed by atoms with E-state index in [1.807, 2.05) is 0 Å². The number of benzene rings is 1. The quantitative estimate of drug-likeness (QED) is 0.558. The molecule has 0 amide bonds. The molecule has 1 rings (SSSR count). The van der Waals surface area contributed by atoms with Gasteiger partial charge in [0.1, 0.15) is 0 Å². The summed E-state index contributed by atoms with van der Waals surface area (Å²) in [6, 6.07) is 3.66. The molecule has 0 aliphatic heterocycles. The Bertz CT molecular complexity index is 295. The summed E-state index contributed by atoms with van der Waals surface area (Å²) in [6.45, 7) is 0. The molecule has 3 N–H and O–H groups in total. The van der Waals surface area contributed by atoms with Crippen LogP contribution in [-0.4, -0.2) is 11.3 Å². The predicted molar refractivity (Wildman–Crippen MR) is 37.5 cm³/mol. The number of anilines is 1. The van der Waals surface area contributed by atoms with Crippen LogP contribution in [0, 0.1) is 5.82 Å². The third kappa shape index (κ3) is 3.34. The number of hydrogen-bond acceptors (Lipinski definition) is 4. The maximum atomic E-state index is 12.2. The van der Waals surface area contributed by atoms with Crippen molar-refractivity contribution in [2.75, 3.05) is 5.73 Å². The van der Waals surface area contributed by atoms with Gasteiger partial charge in [-0.2, -0.15) is 9.59 Å². The van der Waals surface area contributed by atoms with Crippen LogP contribution in [0.3, 0.4) is 0 Å². The molecule has 0 unspecified atom stereocenters. The summed E-state index contributed by atoms with van der Waals surface area (Å²) in [5.74, 6) is -1.06. The van der Waals surface area contributed by atoms with Gasteiger partial charge in [-0.15, -0.1) is 0 Å². The van der Waals surface area contributed by atoms with Gasteiger partial charge >= 0.3 is 6.15 Å². The van der Waals surface area contributed by atoms with Crippen LogP contribution >= 0.6 is 0 Å². The van der Waals surface area contributed by atoms with Crippen molar-refractivity contribution in [2.24, 2.45) is 0 Å². The van der Waals surface area contributed by atoms with Gasteiger partial charge in [0.05, 0.1) is 0 Å². The molecule has 0 radical (unpaired) electrons. The number of nitrogens with two attached hydrogens (primary N) is 1. The highest BCUT2D eigenvalue weighted by Crippen LogP contribution is 2.17. The fourth-order valence-electron chi connectivity index (χ4n) is 0.530. The van der Waals surface area contributed by atoms with E-state index in [1.54, 1.807) is 0 Å². The summed E-state index contributed by atoms with van der Waals surface area (Å²) in [7, 11) is 0. The van der Waals surface area contributed by atoms with Crippen LogP contribution < -0.4 is 5.73 Å². The molecule has 0 bridgehead atoms. The van der Waals surface area contributed by atoms with Crippen molar-refractivity contribution >= 4 is 11.8 Å². The number of rotatable bonds is 0. The Morgan fingerprint density at radius 1 is 1.42 bits per heavy atom. The van der Waals surface area contributed by atoms with Crippen molar-refractivity contribution in [2.45, 2.75) is 0 Å². The lowest BCUT2D eigenvalue weighted by atomic mass is 10.3. The van der Waals surface area contributed by atoms with Gasteiger partial charge in [0, 0.05) is 11.8 Å². The van der Waals surface area contributed by atoms with E-state index < -0.39 is 11.6 Å². The summed E-state index contributed by atoms with van der Waals surface area (Å²) < 4.78 is 12.2. The van der Waals surface area contributed by atoms with Crippen molar-refractivity contribution in [3.63, 3.8) is 0 Å². The van der Waals surface area contributed by atoms with Gasteiger partial charge in [-0.05, 0) is 12.1 Å². The zero-order chi connectivity index (χ0) is 9.56. The van der Waals surface area contributed by atoms with Gasteiger partial charge in [-0.3, -0.25) is 0 Å². The Kier molecular flexibility index (Phi) is 4.11. The number of phenolic OH excluding ortho intramolecular Hbond substituents is 1. The number of hydrogen-bond donors (Lipinski definition) is 2. The molecule has 0 saturated heterocycles. The minimum atomic E-state index is -0.649. The smallest absolute Gasteiger partial charge is 0.373 e. The highest BCUT2D eigenvalue weighted by atomic mass is 19.1. The molecular weight excluding hydrogens is 165 g/mol. The lowest BCUT2D eigenvalue weighted by molar-refractivity contribution is -0.191. The predicted octanol–water partition coefficient (Wildman–Crippen LogP) is 0.530. The first-order valence-corrected chi connectivity index (χ1v) is 2.85. The largest absolute Gasteiger partial charge is 0.505 e. The summed E-state index contributed by atoms with van der Waals surface area (Å²) in [6.07, 6.45) is 0.250. The molecule has 0 fully saturated rings. The van der Waals surface area contributed by atoms with Crippen molar-refractivity contribution in [3.05, 3.63) is 24.0 Å². The van der Waals surface area contributed by atoms with Crippen LogP contribution in [0.1, 0.15) is 0 Å². The molecule has 0 atom stereocenters. The van der Waals surface area contributed by atoms with Crippen molar-refractivity contribution in [1.82, 2.24) is 0 Å². The number of halogens is 1. The topological polar surface area (TPSA) is 80.4 Å². The third-order valence-electron chi connectivity index (χ3n) is 0.970. The van der Waals surface area contributed by atoms with E-state index in [2.05, 4.69) is 0 Å². The molecule has 64 valence electrons. The number of aromatic hydroxyl groups is 1. The first kappa shape index (κ1) is 10.1. The monoisotopic (exact) mass is 171 g/mol. The van der Waals surface area contributed by atoms with Gasteiger partial charge in [-0.1, -0.05) is 0 Å². The maximum absolute atomic E-state index is 12.2. The average Bonchev–Trinajstić information content (AvgIpc) is 1.99. The van der Waals surface area contributed by atoms with E-state index in [4.69, 9.17) is 20.4 Å². The minimum absolute atomic E-state index is 0.250. The van der Waals surface area contributed by atoms with E-state index >= 15 is 0 Å². The van der Waals surface area contributed by atoms with E-state index in [-0.39, 0.29) is 6.15 Å². The summed E-state index contributed by atoms with van der Waals surface area (Å²) in [5.41, 5.74) is 5.56. The lowest BCUT2D eigenvalue weighted by Crippen LogP contribution is -1.84. The minimum Gasteiger partial charge on any atom is -0.505 e. The van der Waals surface area contributed by atoms with Crippen LogP contribution in [0.2, 0.25) is 0 Å². The standard InChI is InChI=1S/C6H6FNO.CO2/c7-5-2-1-4(8)3-6(5)9;2-1-3/h1-3,9H,8H2;. The molecule has 0 aliphatic carbocycles. The van der Waals surface area contributed by atoms with Gasteiger partial charge in [0.15, 0.2) is 11.6 Å². The van der Waals surface area contributed by atoms with Crippen LogP contribution in [0.15, 0.2) is 18.2 Å². The van der Waals surface area contributed by atoms with E-state index in [1.165, 1.54) is 6.07 Å². The maximum Gasteiger partial charge on any atom is 0.373 e. The Morgan fingerprint density at radius 2 is 1.92 bits per heavy atom. The van der Waals surface area contributed by atoms with E-state index in [0.717, 1.165) is 12.1 Å². The van der Waals surface area contributed by atoms with Gasteiger partial charge in [-0.25, -0.2) is 4.39 Å². The molecule has 0 aliphatic rings. The fraction of sp³-hybridized carbons (Fsp3) is 0. The van der Waals surface area contributed by atoms with Gasteiger partial charge in [0.2, 0.25) is 0 Å². The van der Waals surface area contributed by atoms with Crippen molar-refractivity contribution in [1.29, 1.82) is 0 Å². The van der Waals surface area contributed by atoms with Crippen LogP contribution in [0.4, 0.5) is 10.1 Å². The fourth-order valence-corrected chi connectivity index (χ4v) is 0.530. The van der Waals surface area contributed by atoms with Crippen LogP contribution in [-0.2, 0) is 9.59 Å². The molecule has 0 spiro atoms. The Labute approximate surface area is 67.4 Å². The van der Waals surface area contributed by atoms with Crippen LogP contribution in [0.25, 0.3) is 0 Å². The first-order chi connectivity index (χ1) is 5.61. The third-order valence-corrected chi connectivity index (χ3v) is 0.970. The Hall–Kier alpha value is -1.87. The first-order valence-electron chi connectivity index (χ1n) is 2.85. The average molecular weight is 171 g/mol. The molecule has 4 nitrogen and oxygen atoms in total. The Balaban J connectivity index is 0.000000354. The number of phenols is 1. The lowest BCUT2D eigenvalue weighted by Gasteiger charge is -1.94. The normalized spacial score (nSPS) is 7.75. The molecule has 0 aromatic heterocycles. The molecule has 5 heteroatoms. The second kappa shape index (κ2) is 4.87. The molecule has 0 heterocycles. The molecule has 12 heavy (non-hydrogen) atoms. The molecular formula is C7H6FNO3. The summed E-state index contributed by atoms with van der Waals surface area (Å²) >= 11 is 0. The van der Waals surface area contributed by atoms with E-state index in [0.29, 0.717) is 5.69 Å². The highest BCUT2D eigenvalue weighted by Gasteiger charge is 1.96. The summed E-state index contributed by atoms with van der Waals surface area (Å²) in [4.78, 5) is 16.2. The zero-order valence-corrected chi connectivity index (χ0v) is 5.95. The number of nitrogen functional groups attached to an aromatic ring is 1. The van der Waals surface area contributed by atoms with Crippen molar-refractivity contribution < 1.29 is 19.1 Å². The zero-order valence-electron chi connectivity index (χ0n) is 5.95. The van der Waals surface area contributed by atoms with Gasteiger partial charge in [0.25, 0.3) is 0 Å². The van der Waals surface area contributed by atoms with E-state index in [9.17, 15) is 4.39 Å². The summed E-state index contributed by atoms with van der Waals surface area (Å²) in [5, 5.41) is 8.65. The highest BCUT2D eigenvalue weighted by molar-refractivity contribution is 5.43. The molecule has 1 aromatic carbocycles. The molecule has 0 saturated carbocycles. The van der Waals surface area contributed by atoms with Crippen LogP contribution in [0.5, 0.6) is 5.75 Å². The molecule has 1 aromatic rings. The second-order valence-corrected chi connectivity index (χ2v) is 1.79. The Morgan fingerprint density at radius 3 is 2.25 bits per heavy atom. The SMILES string of the molecule is Nc1ccc(F)c(O)c1.O=C=O. The number of carbonyl (C=O) groups excluding carboxylic acids is 2. The van der Waals surface area contributed by atoms with Crippen molar-refractivity contribution in [3.8, 4) is 5.75 Å². The van der Waals surface area contributed by atoms with Gasteiger partial charge < -0.3 is 10.8 Å².